The fourth-order valence-corrected chi connectivity index (χ4v) is 4.76. The van der Waals surface area contributed by atoms with Gasteiger partial charge < -0.3 is 5.32 Å². The number of amides is 1. The lowest BCUT2D eigenvalue weighted by Crippen LogP contribution is -2.15. The molecule has 1 N–H and O–H groups in total. The van der Waals surface area contributed by atoms with E-state index in [1.807, 2.05) is 6.07 Å². The largest absolute Gasteiger partial charge is 0.302 e. The first-order chi connectivity index (χ1) is 13.2. The average Bonchev–Trinajstić information content (AvgIpc) is 3.02. The second-order valence-electron chi connectivity index (χ2n) is 7.36. The summed E-state index contributed by atoms with van der Waals surface area (Å²) in [6.45, 7) is 7.59. The standard InChI is InChI=1S/C21H24N2O3S2/c1-13(2)16-7-10-18-19(12-16)27-21(22-18)23-20(24)11-15-5-8-17(9-6-15)28(25,26)14(3)4/h5-10,12-14H,11H2,1-4H3,(H,22,23,24). The van der Waals surface area contributed by atoms with Crippen molar-refractivity contribution in [3.63, 3.8) is 0 Å². The normalized spacial score (nSPS) is 12.1. The van der Waals surface area contributed by atoms with Gasteiger partial charge in [0, 0.05) is 0 Å². The Labute approximate surface area is 169 Å². The molecule has 2 aromatic carbocycles. The smallest absolute Gasteiger partial charge is 0.230 e. The quantitative estimate of drug-likeness (QED) is 0.627. The highest BCUT2D eigenvalue weighted by molar-refractivity contribution is 7.92. The van der Waals surface area contributed by atoms with Crippen LogP contribution in [-0.2, 0) is 21.1 Å². The Morgan fingerprint density at radius 2 is 1.75 bits per heavy atom. The first kappa shape index (κ1) is 20.5. The number of benzene rings is 2. The van der Waals surface area contributed by atoms with Crippen LogP contribution in [0.5, 0.6) is 0 Å². The molecule has 0 spiro atoms. The van der Waals surface area contributed by atoms with Gasteiger partial charge in [0.15, 0.2) is 15.0 Å². The van der Waals surface area contributed by atoms with E-state index >= 15 is 0 Å². The second kappa shape index (κ2) is 8.01. The van der Waals surface area contributed by atoms with Crippen molar-refractivity contribution in [2.24, 2.45) is 0 Å². The monoisotopic (exact) mass is 416 g/mol. The number of carbonyl (C=O) groups is 1. The van der Waals surface area contributed by atoms with E-state index in [4.69, 9.17) is 0 Å². The topological polar surface area (TPSA) is 76.1 Å². The van der Waals surface area contributed by atoms with Gasteiger partial charge in [-0.3, -0.25) is 4.79 Å². The predicted molar refractivity (Wildman–Crippen MR) is 115 cm³/mol. The van der Waals surface area contributed by atoms with Crippen LogP contribution >= 0.6 is 11.3 Å². The fraction of sp³-hybridized carbons (Fsp3) is 0.333. The van der Waals surface area contributed by atoms with E-state index in [-0.39, 0.29) is 17.2 Å². The van der Waals surface area contributed by atoms with Crippen LogP contribution in [0.2, 0.25) is 0 Å². The molecule has 0 fully saturated rings. The van der Waals surface area contributed by atoms with E-state index in [2.05, 4.69) is 36.3 Å². The summed E-state index contributed by atoms with van der Waals surface area (Å²) in [6.07, 6.45) is 0.162. The lowest BCUT2D eigenvalue weighted by Gasteiger charge is -2.08. The Morgan fingerprint density at radius 3 is 2.36 bits per heavy atom. The molecule has 0 saturated heterocycles. The number of nitrogens with zero attached hydrogens (tertiary/aromatic N) is 1. The molecule has 28 heavy (non-hydrogen) atoms. The van der Waals surface area contributed by atoms with Crippen molar-refractivity contribution in [2.45, 2.75) is 50.2 Å². The number of nitrogens with one attached hydrogen (secondary N) is 1. The Hall–Kier alpha value is -2.25. The lowest BCUT2D eigenvalue weighted by atomic mass is 10.0. The zero-order chi connectivity index (χ0) is 20.5. The van der Waals surface area contributed by atoms with E-state index in [1.165, 1.54) is 16.9 Å². The number of anilines is 1. The van der Waals surface area contributed by atoms with Crippen molar-refractivity contribution in [1.82, 2.24) is 4.98 Å². The van der Waals surface area contributed by atoms with Gasteiger partial charge in [-0.1, -0.05) is 43.4 Å². The third kappa shape index (κ3) is 4.42. The molecule has 1 amide bonds. The number of sulfone groups is 1. The molecule has 0 radical (unpaired) electrons. The molecule has 0 aliphatic heterocycles. The predicted octanol–water partition coefficient (Wildman–Crippen LogP) is 4.78. The number of aromatic nitrogens is 1. The van der Waals surface area contributed by atoms with Crippen molar-refractivity contribution in [1.29, 1.82) is 0 Å². The van der Waals surface area contributed by atoms with Gasteiger partial charge in [0.25, 0.3) is 0 Å². The Bertz CT molecular complexity index is 1100. The summed E-state index contributed by atoms with van der Waals surface area (Å²) < 4.78 is 25.4. The number of hydrogen-bond acceptors (Lipinski definition) is 5. The maximum absolute atomic E-state index is 12.4. The highest BCUT2D eigenvalue weighted by Crippen LogP contribution is 2.29. The molecule has 3 rings (SSSR count). The van der Waals surface area contributed by atoms with Gasteiger partial charge in [0.05, 0.1) is 26.8 Å². The van der Waals surface area contributed by atoms with Gasteiger partial charge in [0.2, 0.25) is 5.91 Å². The van der Waals surface area contributed by atoms with Crippen LogP contribution in [0.4, 0.5) is 5.13 Å². The van der Waals surface area contributed by atoms with Gasteiger partial charge in [0.1, 0.15) is 0 Å². The zero-order valence-electron chi connectivity index (χ0n) is 16.4. The van der Waals surface area contributed by atoms with Crippen LogP contribution < -0.4 is 5.32 Å². The zero-order valence-corrected chi connectivity index (χ0v) is 18.0. The van der Waals surface area contributed by atoms with E-state index < -0.39 is 15.1 Å². The molecule has 5 nitrogen and oxygen atoms in total. The summed E-state index contributed by atoms with van der Waals surface area (Å²) in [7, 11) is -3.30. The second-order valence-corrected chi connectivity index (χ2v) is 10.9. The van der Waals surface area contributed by atoms with Crippen molar-refractivity contribution < 1.29 is 13.2 Å². The molecular formula is C21H24N2O3S2. The molecule has 0 atom stereocenters. The molecule has 148 valence electrons. The molecule has 1 aromatic heterocycles. The van der Waals surface area contributed by atoms with Crippen LogP contribution in [0.1, 0.15) is 44.7 Å². The molecule has 0 unspecified atom stereocenters. The molecule has 7 heteroatoms. The Kier molecular flexibility index (Phi) is 5.86. The third-order valence-electron chi connectivity index (χ3n) is 4.56. The summed E-state index contributed by atoms with van der Waals surface area (Å²) >= 11 is 1.45. The van der Waals surface area contributed by atoms with Gasteiger partial charge in [-0.05, 0) is 55.2 Å². The fourth-order valence-electron chi connectivity index (χ4n) is 2.77. The van der Waals surface area contributed by atoms with Crippen LogP contribution in [0, 0.1) is 0 Å². The lowest BCUT2D eigenvalue weighted by molar-refractivity contribution is -0.115. The van der Waals surface area contributed by atoms with Crippen LogP contribution in [0.15, 0.2) is 47.4 Å². The summed E-state index contributed by atoms with van der Waals surface area (Å²) in [5, 5.41) is 2.94. The van der Waals surface area contributed by atoms with E-state index in [1.54, 1.807) is 38.1 Å². The maximum atomic E-state index is 12.4. The molecule has 3 aromatic rings. The first-order valence-corrected chi connectivity index (χ1v) is 11.6. The third-order valence-corrected chi connectivity index (χ3v) is 7.67. The number of fused-ring (bicyclic) bond motifs is 1. The first-order valence-electron chi connectivity index (χ1n) is 9.20. The molecule has 0 aliphatic rings. The van der Waals surface area contributed by atoms with Crippen molar-refractivity contribution in [3.05, 3.63) is 53.6 Å². The van der Waals surface area contributed by atoms with Crippen LogP contribution in [0.3, 0.4) is 0 Å². The minimum absolute atomic E-state index is 0.162. The minimum atomic E-state index is -3.30. The van der Waals surface area contributed by atoms with E-state index in [0.717, 1.165) is 15.8 Å². The summed E-state index contributed by atoms with van der Waals surface area (Å²) in [5.41, 5.74) is 2.86. The van der Waals surface area contributed by atoms with Crippen LogP contribution in [-0.4, -0.2) is 24.6 Å². The Balaban J connectivity index is 1.69. The highest BCUT2D eigenvalue weighted by atomic mass is 32.2. The van der Waals surface area contributed by atoms with E-state index in [0.29, 0.717) is 11.0 Å². The summed E-state index contributed by atoms with van der Waals surface area (Å²) in [6, 6.07) is 12.6. The minimum Gasteiger partial charge on any atom is -0.302 e. The molecular weight excluding hydrogens is 392 g/mol. The van der Waals surface area contributed by atoms with Crippen molar-refractivity contribution in [2.75, 3.05) is 5.32 Å². The molecule has 0 aliphatic carbocycles. The maximum Gasteiger partial charge on any atom is 0.230 e. The van der Waals surface area contributed by atoms with Crippen molar-refractivity contribution in [3.8, 4) is 0 Å². The number of thiazole rings is 1. The average molecular weight is 417 g/mol. The Morgan fingerprint density at radius 1 is 1.07 bits per heavy atom. The van der Waals surface area contributed by atoms with E-state index in [9.17, 15) is 13.2 Å². The molecule has 0 bridgehead atoms. The number of carbonyl (C=O) groups excluding carboxylic acids is 1. The molecule has 0 saturated carbocycles. The van der Waals surface area contributed by atoms with Crippen LogP contribution in [0.25, 0.3) is 10.2 Å². The van der Waals surface area contributed by atoms with Gasteiger partial charge in [-0.25, -0.2) is 13.4 Å². The summed E-state index contributed by atoms with van der Waals surface area (Å²) in [5.74, 6) is 0.259. The highest BCUT2D eigenvalue weighted by Gasteiger charge is 2.19. The molecule has 1 heterocycles. The SMILES string of the molecule is CC(C)c1ccc2nc(NC(=O)Cc3ccc(S(=O)(=O)C(C)C)cc3)sc2c1. The summed E-state index contributed by atoms with van der Waals surface area (Å²) in [4.78, 5) is 17.1. The van der Waals surface area contributed by atoms with Crippen molar-refractivity contribution >= 4 is 42.4 Å². The van der Waals surface area contributed by atoms with Gasteiger partial charge >= 0.3 is 0 Å². The van der Waals surface area contributed by atoms with Gasteiger partial charge in [-0.2, -0.15) is 0 Å². The number of hydrogen-bond donors (Lipinski definition) is 1. The number of rotatable bonds is 6. The van der Waals surface area contributed by atoms with Gasteiger partial charge in [-0.15, -0.1) is 0 Å².